The Morgan fingerprint density at radius 2 is 1.57 bits per heavy atom. The summed E-state index contributed by atoms with van der Waals surface area (Å²) in [4.78, 5) is 1.78. The fourth-order valence-electron chi connectivity index (χ4n) is 3.19. The molecule has 0 amide bonds. The van der Waals surface area contributed by atoms with Crippen LogP contribution in [0, 0.1) is 5.82 Å². The summed E-state index contributed by atoms with van der Waals surface area (Å²) < 4.78 is 67.1. The first kappa shape index (κ1) is 23.1. The van der Waals surface area contributed by atoms with Gasteiger partial charge in [-0.2, -0.15) is 4.31 Å². The van der Waals surface area contributed by atoms with Crippen LogP contribution in [0.3, 0.4) is 0 Å². The number of nitrogens with zero attached hydrogens (tertiary/aromatic N) is 3. The van der Waals surface area contributed by atoms with Crippen LogP contribution >= 0.6 is 11.6 Å². The summed E-state index contributed by atoms with van der Waals surface area (Å²) in [7, 11) is -4.83. The third-order valence-electron chi connectivity index (χ3n) is 5.00. The largest absolute Gasteiger partial charge is 0.296 e. The van der Waals surface area contributed by atoms with Crippen LogP contribution < -0.4 is 0 Å². The predicted octanol–water partition coefficient (Wildman–Crippen LogP) is 2.24. The monoisotopic (exact) mass is 475 g/mol. The number of hydrogen-bond acceptors (Lipinski definition) is 5. The molecule has 11 heteroatoms. The highest BCUT2D eigenvalue weighted by Gasteiger charge is 2.30. The van der Waals surface area contributed by atoms with E-state index in [2.05, 4.69) is 0 Å². The van der Waals surface area contributed by atoms with Crippen molar-refractivity contribution < 1.29 is 21.2 Å². The zero-order valence-electron chi connectivity index (χ0n) is 16.6. The van der Waals surface area contributed by atoms with E-state index in [-0.39, 0.29) is 29.4 Å². The fraction of sp³-hybridized carbons (Fsp3) is 0.368. The molecule has 0 bridgehead atoms. The van der Waals surface area contributed by atoms with Crippen molar-refractivity contribution in [3.05, 3.63) is 58.9 Å². The summed E-state index contributed by atoms with van der Waals surface area (Å²) in [6, 6.07) is 9.85. The van der Waals surface area contributed by atoms with Gasteiger partial charge in [-0.1, -0.05) is 23.7 Å². The van der Waals surface area contributed by atoms with Gasteiger partial charge >= 0.3 is 0 Å². The molecule has 0 saturated carbocycles. The molecule has 0 radical (unpaired) electrons. The molecule has 3 rings (SSSR count). The van der Waals surface area contributed by atoms with Crippen molar-refractivity contribution in [3.63, 3.8) is 0 Å². The zero-order chi connectivity index (χ0) is 22.1. The molecule has 164 valence electrons. The summed E-state index contributed by atoms with van der Waals surface area (Å²) in [6.45, 7) is 1.51. The Morgan fingerprint density at radius 3 is 2.17 bits per heavy atom. The van der Waals surface area contributed by atoms with Gasteiger partial charge < -0.3 is 0 Å². The number of hydrogen-bond donors (Lipinski definition) is 0. The molecule has 0 aliphatic carbocycles. The lowest BCUT2D eigenvalue weighted by Gasteiger charge is -2.34. The summed E-state index contributed by atoms with van der Waals surface area (Å²) in [5.41, 5.74) is 0.386. The van der Waals surface area contributed by atoms with E-state index < -0.39 is 25.9 Å². The Kier molecular flexibility index (Phi) is 6.85. The van der Waals surface area contributed by atoms with Crippen LogP contribution in [0.15, 0.2) is 52.3 Å². The summed E-state index contributed by atoms with van der Waals surface area (Å²) in [5, 5.41) is 0.337. The third-order valence-corrected chi connectivity index (χ3v) is 9.06. The van der Waals surface area contributed by atoms with E-state index in [1.165, 1.54) is 54.8 Å². The van der Waals surface area contributed by atoms with Gasteiger partial charge in [0, 0.05) is 57.4 Å². The van der Waals surface area contributed by atoms with Crippen LogP contribution in [0.5, 0.6) is 0 Å². The van der Waals surface area contributed by atoms with Crippen molar-refractivity contribution in [2.75, 3.05) is 40.3 Å². The first-order chi connectivity index (χ1) is 14.0. The topological polar surface area (TPSA) is 78.0 Å². The second kappa shape index (κ2) is 8.89. The number of sulfonamides is 2. The normalized spacial score (nSPS) is 16.8. The molecule has 1 fully saturated rings. The third kappa shape index (κ3) is 4.68. The lowest BCUT2D eigenvalue weighted by atomic mass is 10.2. The van der Waals surface area contributed by atoms with Crippen molar-refractivity contribution in [3.8, 4) is 0 Å². The molecule has 2 aromatic rings. The SMILES string of the molecule is CN(C)S(=O)(=O)c1cccc(S(=O)(=O)N2CCN(Cc3c(F)cccc3Cl)CC2)c1. The van der Waals surface area contributed by atoms with E-state index in [4.69, 9.17) is 11.6 Å². The maximum absolute atomic E-state index is 14.0. The molecule has 0 N–H and O–H groups in total. The van der Waals surface area contributed by atoms with E-state index in [9.17, 15) is 21.2 Å². The number of piperazine rings is 1. The number of benzene rings is 2. The van der Waals surface area contributed by atoms with Crippen molar-refractivity contribution >= 4 is 31.6 Å². The molecule has 1 saturated heterocycles. The van der Waals surface area contributed by atoms with Gasteiger partial charge in [0.1, 0.15) is 5.82 Å². The van der Waals surface area contributed by atoms with Gasteiger partial charge in [-0.05, 0) is 30.3 Å². The van der Waals surface area contributed by atoms with Crippen LogP contribution in [0.4, 0.5) is 4.39 Å². The van der Waals surface area contributed by atoms with Crippen LogP contribution in [-0.4, -0.2) is 70.6 Å². The van der Waals surface area contributed by atoms with Gasteiger partial charge in [0.15, 0.2) is 0 Å². The first-order valence-electron chi connectivity index (χ1n) is 9.21. The highest BCUT2D eigenvalue weighted by Crippen LogP contribution is 2.24. The minimum Gasteiger partial charge on any atom is -0.296 e. The van der Waals surface area contributed by atoms with E-state index in [1.54, 1.807) is 6.07 Å². The predicted molar refractivity (Wildman–Crippen MR) is 113 cm³/mol. The van der Waals surface area contributed by atoms with Gasteiger partial charge in [0.2, 0.25) is 20.0 Å². The Morgan fingerprint density at radius 1 is 0.967 bits per heavy atom. The van der Waals surface area contributed by atoms with Gasteiger partial charge in [-0.15, -0.1) is 0 Å². The van der Waals surface area contributed by atoms with Crippen LogP contribution in [-0.2, 0) is 26.6 Å². The van der Waals surface area contributed by atoms with Crippen molar-refractivity contribution in [1.29, 1.82) is 0 Å². The second-order valence-electron chi connectivity index (χ2n) is 7.14. The molecule has 30 heavy (non-hydrogen) atoms. The Balaban J connectivity index is 1.74. The minimum absolute atomic E-state index is 0.0731. The number of halogens is 2. The van der Waals surface area contributed by atoms with Crippen molar-refractivity contribution in [1.82, 2.24) is 13.5 Å². The minimum atomic E-state index is -3.86. The second-order valence-corrected chi connectivity index (χ2v) is 11.6. The molecule has 1 aliphatic heterocycles. The van der Waals surface area contributed by atoms with Gasteiger partial charge in [-0.25, -0.2) is 25.5 Å². The van der Waals surface area contributed by atoms with Gasteiger partial charge in [0.25, 0.3) is 0 Å². The Bertz CT molecular complexity index is 1110. The van der Waals surface area contributed by atoms with Crippen LogP contribution in [0.1, 0.15) is 5.56 Å². The fourth-order valence-corrected chi connectivity index (χ4v) is 5.90. The molecule has 0 spiro atoms. The average Bonchev–Trinajstić information content (AvgIpc) is 2.71. The van der Waals surface area contributed by atoms with E-state index in [1.807, 2.05) is 4.90 Å². The van der Waals surface area contributed by atoms with Gasteiger partial charge in [-0.3, -0.25) is 4.90 Å². The zero-order valence-corrected chi connectivity index (χ0v) is 19.0. The lowest BCUT2D eigenvalue weighted by Crippen LogP contribution is -2.48. The molecular weight excluding hydrogens is 453 g/mol. The first-order valence-corrected chi connectivity index (χ1v) is 12.5. The van der Waals surface area contributed by atoms with E-state index in [0.29, 0.717) is 23.7 Å². The molecule has 1 aliphatic rings. The molecule has 1 heterocycles. The molecular formula is C19H23ClFN3O4S2. The van der Waals surface area contributed by atoms with Crippen LogP contribution in [0.2, 0.25) is 5.02 Å². The summed E-state index contributed by atoms with van der Waals surface area (Å²) in [5.74, 6) is -0.392. The molecule has 2 aromatic carbocycles. The summed E-state index contributed by atoms with van der Waals surface area (Å²) in [6.07, 6.45) is 0. The Labute approximate surface area is 181 Å². The molecule has 0 aromatic heterocycles. The highest BCUT2D eigenvalue weighted by atomic mass is 35.5. The smallest absolute Gasteiger partial charge is 0.243 e. The Hall–Kier alpha value is -1.56. The quantitative estimate of drug-likeness (QED) is 0.640. The highest BCUT2D eigenvalue weighted by molar-refractivity contribution is 7.90. The number of rotatable bonds is 6. The maximum Gasteiger partial charge on any atom is 0.243 e. The average molecular weight is 476 g/mol. The summed E-state index contributed by atoms with van der Waals surface area (Å²) >= 11 is 6.08. The maximum atomic E-state index is 14.0. The van der Waals surface area contributed by atoms with Gasteiger partial charge in [0.05, 0.1) is 9.79 Å². The standard InChI is InChI=1S/C19H23ClFN3O4S2/c1-22(2)29(25,26)15-5-3-6-16(13-15)30(27,28)24-11-9-23(10-12-24)14-17-18(20)7-4-8-19(17)21/h3-8,13H,9-12,14H2,1-2H3. The van der Waals surface area contributed by atoms with Crippen molar-refractivity contribution in [2.45, 2.75) is 16.3 Å². The molecule has 0 unspecified atom stereocenters. The van der Waals surface area contributed by atoms with Crippen LogP contribution in [0.25, 0.3) is 0 Å². The van der Waals surface area contributed by atoms with E-state index >= 15 is 0 Å². The molecule has 0 atom stereocenters. The lowest BCUT2D eigenvalue weighted by molar-refractivity contribution is 0.180. The molecule has 7 nitrogen and oxygen atoms in total. The van der Waals surface area contributed by atoms with Crippen molar-refractivity contribution in [2.24, 2.45) is 0 Å². The van der Waals surface area contributed by atoms with E-state index in [0.717, 1.165) is 4.31 Å².